The summed E-state index contributed by atoms with van der Waals surface area (Å²) in [5.41, 5.74) is -0.311. The van der Waals surface area contributed by atoms with Crippen LogP contribution in [-0.2, 0) is 0 Å². The fourth-order valence-electron chi connectivity index (χ4n) is 3.48. The molecule has 0 aromatic heterocycles. The van der Waals surface area contributed by atoms with Crippen molar-refractivity contribution in [3.05, 3.63) is 0 Å². The van der Waals surface area contributed by atoms with Gasteiger partial charge in [0.15, 0.2) is 0 Å². The van der Waals surface area contributed by atoms with Crippen LogP contribution in [0.5, 0.6) is 0 Å². The fourth-order valence-corrected chi connectivity index (χ4v) is 3.48. The molecule has 110 valence electrons. The average molecular weight is 266 g/mol. The smallest absolute Gasteiger partial charge is 0.108 e. The summed E-state index contributed by atoms with van der Waals surface area (Å²) in [6.45, 7) is 6.66. The van der Waals surface area contributed by atoms with Crippen molar-refractivity contribution in [2.45, 2.75) is 57.2 Å². The van der Waals surface area contributed by atoms with Crippen LogP contribution in [-0.4, -0.2) is 61.7 Å². The molecule has 0 amide bonds. The van der Waals surface area contributed by atoms with Gasteiger partial charge in [0.1, 0.15) is 5.54 Å². The Hall–Kier alpha value is -0.630. The van der Waals surface area contributed by atoms with Gasteiger partial charge in [0.2, 0.25) is 0 Å². The van der Waals surface area contributed by atoms with Crippen LogP contribution in [0.3, 0.4) is 0 Å². The van der Waals surface area contributed by atoms with Gasteiger partial charge in [-0.05, 0) is 60.3 Å². The topological polar surface area (TPSA) is 42.3 Å². The lowest BCUT2D eigenvalue weighted by Gasteiger charge is -2.43. The summed E-state index contributed by atoms with van der Waals surface area (Å²) in [6.07, 6.45) is 4.29. The minimum Gasteiger partial charge on any atom is -0.308 e. The van der Waals surface area contributed by atoms with Gasteiger partial charge in [0.05, 0.1) is 6.07 Å². The zero-order valence-electron chi connectivity index (χ0n) is 13.2. The lowest BCUT2D eigenvalue weighted by molar-refractivity contribution is 0.0805. The molecular formula is C15H30N4. The van der Waals surface area contributed by atoms with Gasteiger partial charge < -0.3 is 10.2 Å². The Labute approximate surface area is 118 Å². The van der Waals surface area contributed by atoms with E-state index in [1.807, 2.05) is 7.05 Å². The molecule has 4 heteroatoms. The molecule has 1 aliphatic carbocycles. The van der Waals surface area contributed by atoms with Gasteiger partial charge in [-0.1, -0.05) is 6.92 Å². The van der Waals surface area contributed by atoms with Crippen molar-refractivity contribution in [3.63, 3.8) is 0 Å². The first-order valence-electron chi connectivity index (χ1n) is 7.48. The lowest BCUT2D eigenvalue weighted by atomic mass is 9.79. The molecule has 1 saturated carbocycles. The number of hydrogen-bond acceptors (Lipinski definition) is 4. The van der Waals surface area contributed by atoms with Crippen molar-refractivity contribution >= 4 is 0 Å². The second-order valence-electron chi connectivity index (χ2n) is 6.14. The second kappa shape index (κ2) is 7.23. The summed E-state index contributed by atoms with van der Waals surface area (Å²) in [5.74, 6) is 0. The van der Waals surface area contributed by atoms with Crippen molar-refractivity contribution in [2.75, 3.05) is 34.2 Å². The number of nitrogens with zero attached hydrogens (tertiary/aromatic N) is 3. The van der Waals surface area contributed by atoms with Crippen molar-refractivity contribution < 1.29 is 0 Å². The van der Waals surface area contributed by atoms with Gasteiger partial charge in [-0.25, -0.2) is 0 Å². The molecule has 1 aliphatic rings. The molecule has 0 aromatic rings. The molecular weight excluding hydrogens is 236 g/mol. The van der Waals surface area contributed by atoms with Crippen LogP contribution in [0.1, 0.15) is 39.5 Å². The summed E-state index contributed by atoms with van der Waals surface area (Å²) in [7, 11) is 6.17. The third-order valence-corrected chi connectivity index (χ3v) is 4.45. The molecule has 3 unspecified atom stereocenters. The molecule has 0 spiro atoms. The molecule has 0 aliphatic heterocycles. The van der Waals surface area contributed by atoms with E-state index in [9.17, 15) is 5.26 Å². The van der Waals surface area contributed by atoms with Crippen LogP contribution in [0.15, 0.2) is 0 Å². The van der Waals surface area contributed by atoms with E-state index < -0.39 is 0 Å². The zero-order valence-corrected chi connectivity index (χ0v) is 13.2. The summed E-state index contributed by atoms with van der Waals surface area (Å²) >= 11 is 0. The molecule has 3 atom stereocenters. The van der Waals surface area contributed by atoms with Crippen LogP contribution in [0.2, 0.25) is 0 Å². The molecule has 1 N–H and O–H groups in total. The summed E-state index contributed by atoms with van der Waals surface area (Å²) in [6, 6.07) is 3.57. The van der Waals surface area contributed by atoms with Crippen molar-refractivity contribution in [3.8, 4) is 6.07 Å². The van der Waals surface area contributed by atoms with Gasteiger partial charge in [0, 0.05) is 18.6 Å². The first kappa shape index (κ1) is 16.4. The Kier molecular flexibility index (Phi) is 6.25. The maximum Gasteiger partial charge on any atom is 0.108 e. The number of nitrogens with one attached hydrogen (secondary N) is 1. The summed E-state index contributed by atoms with van der Waals surface area (Å²) < 4.78 is 0. The van der Waals surface area contributed by atoms with Crippen LogP contribution < -0.4 is 5.32 Å². The van der Waals surface area contributed by atoms with E-state index in [0.29, 0.717) is 12.1 Å². The highest BCUT2D eigenvalue weighted by molar-refractivity contribution is 5.10. The van der Waals surface area contributed by atoms with Crippen molar-refractivity contribution in [1.82, 2.24) is 15.1 Å². The van der Waals surface area contributed by atoms with E-state index in [1.54, 1.807) is 0 Å². The predicted octanol–water partition coefficient (Wildman–Crippen LogP) is 1.68. The maximum absolute atomic E-state index is 9.46. The van der Waals surface area contributed by atoms with Crippen LogP contribution in [0.4, 0.5) is 0 Å². The largest absolute Gasteiger partial charge is 0.308 e. The third-order valence-electron chi connectivity index (χ3n) is 4.45. The van der Waals surface area contributed by atoms with E-state index in [1.165, 1.54) is 6.42 Å². The number of nitriles is 1. The second-order valence-corrected chi connectivity index (χ2v) is 6.14. The van der Waals surface area contributed by atoms with Gasteiger partial charge in [-0.15, -0.1) is 0 Å². The lowest BCUT2D eigenvalue weighted by Crippen LogP contribution is -2.54. The van der Waals surface area contributed by atoms with Gasteiger partial charge in [-0.3, -0.25) is 4.90 Å². The standard InChI is InChI=1S/C15H30N4/c1-6-19(13(2)11-18(4)5)14-8-7-9-15(10-14,12-16)17-3/h13-14,17H,6-11H2,1-5H3. The Morgan fingerprint density at radius 1 is 1.47 bits per heavy atom. The summed E-state index contributed by atoms with van der Waals surface area (Å²) in [4.78, 5) is 4.81. The molecule has 0 radical (unpaired) electrons. The zero-order chi connectivity index (χ0) is 14.5. The average Bonchev–Trinajstić information content (AvgIpc) is 2.39. The highest BCUT2D eigenvalue weighted by Crippen LogP contribution is 2.31. The molecule has 0 aromatic carbocycles. The number of likely N-dealkylation sites (N-methyl/N-ethyl adjacent to an activating group) is 2. The van der Waals surface area contributed by atoms with Crippen molar-refractivity contribution in [1.29, 1.82) is 5.26 Å². The van der Waals surface area contributed by atoms with E-state index in [2.05, 4.69) is 49.1 Å². The molecule has 0 heterocycles. The highest BCUT2D eigenvalue weighted by Gasteiger charge is 2.38. The van der Waals surface area contributed by atoms with Gasteiger partial charge in [0.25, 0.3) is 0 Å². The molecule has 4 nitrogen and oxygen atoms in total. The first-order chi connectivity index (χ1) is 8.98. The Balaban J connectivity index is 2.73. The Morgan fingerprint density at radius 3 is 2.63 bits per heavy atom. The van der Waals surface area contributed by atoms with Crippen LogP contribution >= 0.6 is 0 Å². The molecule has 1 fully saturated rings. The predicted molar refractivity (Wildman–Crippen MR) is 80.1 cm³/mol. The van der Waals surface area contributed by atoms with E-state index in [4.69, 9.17) is 0 Å². The minimum absolute atomic E-state index is 0.311. The third kappa shape index (κ3) is 4.17. The minimum atomic E-state index is -0.311. The number of hydrogen-bond donors (Lipinski definition) is 1. The highest BCUT2D eigenvalue weighted by atomic mass is 15.2. The molecule has 0 saturated heterocycles. The van der Waals surface area contributed by atoms with Gasteiger partial charge in [-0.2, -0.15) is 5.26 Å². The number of rotatable bonds is 6. The normalized spacial score (nSPS) is 29.5. The van der Waals surface area contributed by atoms with E-state index in [-0.39, 0.29) is 5.54 Å². The fraction of sp³-hybridized carbons (Fsp3) is 0.933. The Morgan fingerprint density at radius 2 is 2.16 bits per heavy atom. The molecule has 19 heavy (non-hydrogen) atoms. The Bertz CT molecular complexity index is 310. The molecule has 0 bridgehead atoms. The van der Waals surface area contributed by atoms with Crippen molar-refractivity contribution in [2.24, 2.45) is 0 Å². The summed E-state index contributed by atoms with van der Waals surface area (Å²) in [5, 5.41) is 12.7. The van der Waals surface area contributed by atoms with Crippen LogP contribution in [0.25, 0.3) is 0 Å². The maximum atomic E-state index is 9.46. The quantitative estimate of drug-likeness (QED) is 0.794. The van der Waals surface area contributed by atoms with E-state index in [0.717, 1.165) is 32.4 Å². The SMILES string of the molecule is CCN(C(C)CN(C)C)C1CCCC(C#N)(NC)C1. The van der Waals surface area contributed by atoms with Crippen LogP contribution in [0, 0.1) is 11.3 Å². The van der Waals surface area contributed by atoms with Gasteiger partial charge >= 0.3 is 0 Å². The monoisotopic (exact) mass is 266 g/mol. The molecule has 1 rings (SSSR count). The van der Waals surface area contributed by atoms with E-state index >= 15 is 0 Å². The first-order valence-corrected chi connectivity index (χ1v) is 7.48.